The summed E-state index contributed by atoms with van der Waals surface area (Å²) >= 11 is 7.05. The Bertz CT molecular complexity index is 1470. The number of nitrogens with one attached hydrogen (secondary N) is 3. The van der Waals surface area contributed by atoms with E-state index in [4.69, 9.17) is 17.3 Å². The van der Waals surface area contributed by atoms with Gasteiger partial charge in [0.05, 0.1) is 15.1 Å². The average molecular weight is 502 g/mol. The van der Waals surface area contributed by atoms with Crippen molar-refractivity contribution in [3.63, 3.8) is 0 Å². The van der Waals surface area contributed by atoms with Crippen LogP contribution < -0.4 is 21.3 Å². The third-order valence-electron chi connectivity index (χ3n) is 4.46. The zero-order valence-corrected chi connectivity index (χ0v) is 19.1. The number of sulfonamides is 1. The fraction of sp³-hybridized carbons (Fsp3) is 0. The van der Waals surface area contributed by atoms with Gasteiger partial charge in [0.25, 0.3) is 21.8 Å². The number of hydrogen-bond acceptors (Lipinski definition) is 7. The summed E-state index contributed by atoms with van der Waals surface area (Å²) in [6.07, 6.45) is 0. The Labute approximate surface area is 197 Å². The molecule has 2 amide bonds. The molecule has 3 aromatic carbocycles. The molecule has 0 fully saturated rings. The normalized spacial score (nSPS) is 11.2. The SMILES string of the molecule is Nc1nc2ccc(C(=O)NNC(=O)c3cccc(S(=O)(=O)Nc4ccc(Cl)cc4)c3)cc2s1. The third-order valence-corrected chi connectivity index (χ3v) is 6.94. The van der Waals surface area contributed by atoms with Crippen LogP contribution in [0, 0.1) is 0 Å². The van der Waals surface area contributed by atoms with Gasteiger partial charge >= 0.3 is 0 Å². The maximum atomic E-state index is 12.7. The molecule has 0 atom stereocenters. The average Bonchev–Trinajstić information content (AvgIpc) is 3.18. The number of carbonyl (C=O) groups excluding carboxylic acids is 2. The molecule has 0 aliphatic heterocycles. The number of hydrogen-bond donors (Lipinski definition) is 4. The molecule has 1 heterocycles. The fourth-order valence-corrected chi connectivity index (χ4v) is 4.88. The van der Waals surface area contributed by atoms with Crippen molar-refractivity contribution in [3.05, 3.63) is 82.9 Å². The summed E-state index contributed by atoms with van der Waals surface area (Å²) in [5.74, 6) is -1.24. The van der Waals surface area contributed by atoms with Gasteiger partial charge in [-0.15, -0.1) is 0 Å². The van der Waals surface area contributed by atoms with Gasteiger partial charge in [0.2, 0.25) is 0 Å². The Balaban J connectivity index is 1.44. The van der Waals surface area contributed by atoms with Gasteiger partial charge in [-0.05, 0) is 60.7 Å². The van der Waals surface area contributed by atoms with Gasteiger partial charge < -0.3 is 5.73 Å². The molecule has 0 unspecified atom stereocenters. The quantitative estimate of drug-likeness (QED) is 0.308. The van der Waals surface area contributed by atoms with Crippen molar-refractivity contribution in [2.24, 2.45) is 0 Å². The first kappa shape index (κ1) is 22.5. The van der Waals surface area contributed by atoms with E-state index in [-0.39, 0.29) is 10.5 Å². The summed E-state index contributed by atoms with van der Waals surface area (Å²) in [5, 5.41) is 0.853. The number of amides is 2. The van der Waals surface area contributed by atoms with Crippen LogP contribution in [-0.4, -0.2) is 25.2 Å². The van der Waals surface area contributed by atoms with Gasteiger partial charge in [-0.2, -0.15) is 0 Å². The van der Waals surface area contributed by atoms with E-state index in [0.29, 0.717) is 26.9 Å². The molecule has 0 spiro atoms. The van der Waals surface area contributed by atoms with E-state index in [9.17, 15) is 18.0 Å². The predicted octanol–water partition coefficient (Wildman–Crippen LogP) is 3.41. The number of nitrogens with zero attached hydrogens (tertiary/aromatic N) is 1. The molecule has 0 aliphatic rings. The molecule has 4 rings (SSSR count). The number of anilines is 2. The van der Waals surface area contributed by atoms with Gasteiger partial charge in [0, 0.05) is 21.8 Å². The second-order valence-electron chi connectivity index (χ2n) is 6.78. The Kier molecular flexibility index (Phi) is 6.18. The van der Waals surface area contributed by atoms with Crippen molar-refractivity contribution in [2.45, 2.75) is 4.90 Å². The highest BCUT2D eigenvalue weighted by Gasteiger charge is 2.17. The molecule has 9 nitrogen and oxygen atoms in total. The molecule has 4 aromatic rings. The molecular weight excluding hydrogens is 486 g/mol. The molecule has 0 saturated heterocycles. The van der Waals surface area contributed by atoms with E-state index in [1.807, 2.05) is 0 Å². The van der Waals surface area contributed by atoms with Crippen molar-refractivity contribution in [2.75, 3.05) is 10.5 Å². The number of fused-ring (bicyclic) bond motifs is 1. The molecule has 12 heteroatoms. The maximum Gasteiger partial charge on any atom is 0.269 e. The van der Waals surface area contributed by atoms with Gasteiger partial charge in [0.1, 0.15) is 0 Å². The van der Waals surface area contributed by atoms with E-state index >= 15 is 0 Å². The van der Waals surface area contributed by atoms with Gasteiger partial charge in [0.15, 0.2) is 5.13 Å². The summed E-state index contributed by atoms with van der Waals surface area (Å²) < 4.78 is 28.5. The molecule has 0 saturated carbocycles. The van der Waals surface area contributed by atoms with Crippen LogP contribution in [0.1, 0.15) is 20.7 Å². The number of carbonyl (C=O) groups is 2. The first-order valence-electron chi connectivity index (χ1n) is 9.36. The van der Waals surface area contributed by atoms with E-state index < -0.39 is 21.8 Å². The fourth-order valence-electron chi connectivity index (χ4n) is 2.88. The molecule has 0 bridgehead atoms. The lowest BCUT2D eigenvalue weighted by Crippen LogP contribution is -2.41. The number of hydrazine groups is 1. The molecule has 0 radical (unpaired) electrons. The van der Waals surface area contributed by atoms with Crippen LogP contribution in [0.25, 0.3) is 10.2 Å². The Morgan fingerprint density at radius 2 is 1.58 bits per heavy atom. The first-order chi connectivity index (χ1) is 15.7. The van der Waals surface area contributed by atoms with Gasteiger partial charge in [-0.3, -0.25) is 25.2 Å². The van der Waals surface area contributed by atoms with Gasteiger partial charge in [-0.1, -0.05) is 29.0 Å². The second kappa shape index (κ2) is 9.06. The maximum absolute atomic E-state index is 12.7. The summed E-state index contributed by atoms with van der Waals surface area (Å²) in [4.78, 5) is 28.9. The number of nitrogens with two attached hydrogens (primary N) is 1. The standard InChI is InChI=1S/C21H16ClN5O4S2/c22-14-5-7-15(8-6-14)27-33(30,31)16-3-1-2-12(10-16)19(28)25-26-20(29)13-4-9-17-18(11-13)32-21(23)24-17/h1-11,27H,(H2,23,24)(H,25,28)(H,26,29). The lowest BCUT2D eigenvalue weighted by Gasteiger charge is -2.10. The number of nitrogen functional groups attached to an aromatic ring is 1. The molecule has 5 N–H and O–H groups in total. The van der Waals surface area contributed by atoms with Crippen molar-refractivity contribution >= 4 is 65.8 Å². The zero-order chi connectivity index (χ0) is 23.6. The summed E-state index contributed by atoms with van der Waals surface area (Å²) in [5.41, 5.74) is 11.6. The minimum Gasteiger partial charge on any atom is -0.375 e. The van der Waals surface area contributed by atoms with Crippen molar-refractivity contribution in [1.29, 1.82) is 0 Å². The zero-order valence-electron chi connectivity index (χ0n) is 16.7. The molecule has 1 aromatic heterocycles. The van der Waals surface area contributed by atoms with Crippen molar-refractivity contribution in [1.82, 2.24) is 15.8 Å². The predicted molar refractivity (Wildman–Crippen MR) is 128 cm³/mol. The number of thiazole rings is 1. The van der Waals surface area contributed by atoms with Crippen molar-refractivity contribution in [3.8, 4) is 0 Å². The number of benzene rings is 3. The second-order valence-corrected chi connectivity index (χ2v) is 9.96. The van der Waals surface area contributed by atoms with Crippen LogP contribution in [0.5, 0.6) is 0 Å². The Hall–Kier alpha value is -3.67. The van der Waals surface area contributed by atoms with Crippen LogP contribution in [0.2, 0.25) is 5.02 Å². The van der Waals surface area contributed by atoms with Crippen LogP contribution in [0.4, 0.5) is 10.8 Å². The minimum absolute atomic E-state index is 0.0416. The molecule has 168 valence electrons. The van der Waals surface area contributed by atoms with E-state index in [2.05, 4.69) is 20.6 Å². The number of rotatable bonds is 5. The van der Waals surface area contributed by atoms with E-state index in [1.165, 1.54) is 47.7 Å². The lowest BCUT2D eigenvalue weighted by molar-refractivity contribution is 0.0846. The minimum atomic E-state index is -3.95. The summed E-state index contributed by atoms with van der Waals surface area (Å²) in [6.45, 7) is 0. The Morgan fingerprint density at radius 1 is 0.909 bits per heavy atom. The topological polar surface area (TPSA) is 143 Å². The smallest absolute Gasteiger partial charge is 0.269 e. The van der Waals surface area contributed by atoms with Crippen LogP contribution in [0.15, 0.2) is 71.6 Å². The van der Waals surface area contributed by atoms with Crippen molar-refractivity contribution < 1.29 is 18.0 Å². The van der Waals surface area contributed by atoms with Gasteiger partial charge in [-0.25, -0.2) is 13.4 Å². The highest BCUT2D eigenvalue weighted by Crippen LogP contribution is 2.24. The number of halogens is 1. The highest BCUT2D eigenvalue weighted by atomic mass is 35.5. The largest absolute Gasteiger partial charge is 0.375 e. The Morgan fingerprint density at radius 3 is 2.27 bits per heavy atom. The van der Waals surface area contributed by atoms with E-state index in [1.54, 1.807) is 30.3 Å². The third kappa shape index (κ3) is 5.22. The van der Waals surface area contributed by atoms with Crippen LogP contribution in [0.3, 0.4) is 0 Å². The summed E-state index contributed by atoms with van der Waals surface area (Å²) in [7, 11) is -3.95. The molecule has 33 heavy (non-hydrogen) atoms. The highest BCUT2D eigenvalue weighted by molar-refractivity contribution is 7.92. The van der Waals surface area contributed by atoms with E-state index in [0.717, 1.165) is 4.70 Å². The summed E-state index contributed by atoms with van der Waals surface area (Å²) in [6, 6.07) is 16.4. The molecule has 0 aliphatic carbocycles. The van der Waals surface area contributed by atoms with Crippen LogP contribution >= 0.6 is 22.9 Å². The lowest BCUT2D eigenvalue weighted by atomic mass is 10.2. The van der Waals surface area contributed by atoms with Crippen LogP contribution in [-0.2, 0) is 10.0 Å². The molecular formula is C21H16ClN5O4S2. The first-order valence-corrected chi connectivity index (χ1v) is 12.0. The number of aromatic nitrogens is 1. The monoisotopic (exact) mass is 501 g/mol.